The number of H-pyrrole nitrogens is 1. The Morgan fingerprint density at radius 3 is 3.30 bits per heavy atom. The highest BCUT2D eigenvalue weighted by atomic mass is 16.5. The van der Waals surface area contributed by atoms with Crippen molar-refractivity contribution in [3.63, 3.8) is 0 Å². The molecule has 0 aliphatic carbocycles. The fourth-order valence-corrected chi connectivity index (χ4v) is 0.792. The molecule has 5 nitrogen and oxygen atoms in total. The van der Waals surface area contributed by atoms with Crippen LogP contribution in [0.3, 0.4) is 0 Å². The molecule has 2 heterocycles. The van der Waals surface area contributed by atoms with Crippen LogP contribution >= 0.6 is 0 Å². The minimum atomic E-state index is 0.509. The SMILES string of the molecule is [O-][n+]1cncc2n[nH]cc21. The Labute approximate surface area is 55.9 Å². The van der Waals surface area contributed by atoms with Crippen molar-refractivity contribution in [2.24, 2.45) is 0 Å². The molecule has 10 heavy (non-hydrogen) atoms. The van der Waals surface area contributed by atoms with Crippen molar-refractivity contribution in [3.8, 4) is 0 Å². The number of rotatable bonds is 0. The number of nitrogens with one attached hydrogen (secondary N) is 1. The molecular formula is C5H4N4O. The van der Waals surface area contributed by atoms with E-state index < -0.39 is 0 Å². The third kappa shape index (κ3) is 0.540. The van der Waals surface area contributed by atoms with Crippen LogP contribution in [0.25, 0.3) is 11.0 Å². The van der Waals surface area contributed by atoms with Crippen LogP contribution in [0.5, 0.6) is 0 Å². The fourth-order valence-electron chi connectivity index (χ4n) is 0.792. The lowest BCUT2D eigenvalue weighted by atomic mass is 10.5. The molecular weight excluding hydrogens is 132 g/mol. The van der Waals surface area contributed by atoms with E-state index in [2.05, 4.69) is 15.2 Å². The van der Waals surface area contributed by atoms with Crippen LogP contribution in [0.1, 0.15) is 0 Å². The van der Waals surface area contributed by atoms with Crippen LogP contribution in [0.2, 0.25) is 0 Å². The number of hydrogen-bond acceptors (Lipinski definition) is 3. The smallest absolute Gasteiger partial charge is 0.289 e. The molecule has 0 aliphatic rings. The van der Waals surface area contributed by atoms with E-state index in [1.54, 1.807) is 0 Å². The van der Waals surface area contributed by atoms with E-state index in [0.717, 1.165) is 0 Å². The number of fused-ring (bicyclic) bond motifs is 1. The zero-order chi connectivity index (χ0) is 6.97. The van der Waals surface area contributed by atoms with Gasteiger partial charge in [0, 0.05) is 0 Å². The molecule has 2 aromatic rings. The molecule has 0 saturated carbocycles. The fraction of sp³-hybridized carbons (Fsp3) is 0. The van der Waals surface area contributed by atoms with Gasteiger partial charge in [0.05, 0.1) is 6.20 Å². The molecule has 0 bridgehead atoms. The number of hydrogen-bond donors (Lipinski definition) is 1. The molecule has 1 N–H and O–H groups in total. The summed E-state index contributed by atoms with van der Waals surface area (Å²) in [6, 6.07) is 0. The van der Waals surface area contributed by atoms with Crippen LogP contribution in [0, 0.1) is 5.21 Å². The number of aromatic nitrogens is 4. The summed E-state index contributed by atoms with van der Waals surface area (Å²) in [7, 11) is 0. The maximum atomic E-state index is 10.8. The lowest BCUT2D eigenvalue weighted by Crippen LogP contribution is -2.26. The van der Waals surface area contributed by atoms with Crippen LogP contribution in [0.15, 0.2) is 18.7 Å². The summed E-state index contributed by atoms with van der Waals surface area (Å²) in [5.41, 5.74) is 1.09. The molecule has 0 spiro atoms. The van der Waals surface area contributed by atoms with Gasteiger partial charge in [-0.05, 0) is 0 Å². The average Bonchev–Trinajstić information content (AvgIpc) is 2.36. The van der Waals surface area contributed by atoms with Crippen molar-refractivity contribution in [1.82, 2.24) is 15.2 Å². The van der Waals surface area contributed by atoms with Gasteiger partial charge < -0.3 is 5.21 Å². The van der Waals surface area contributed by atoms with Crippen molar-refractivity contribution in [3.05, 3.63) is 23.9 Å². The van der Waals surface area contributed by atoms with E-state index >= 15 is 0 Å². The summed E-state index contributed by atoms with van der Waals surface area (Å²) in [6.45, 7) is 0. The Kier molecular flexibility index (Phi) is 0.858. The van der Waals surface area contributed by atoms with Gasteiger partial charge in [-0.15, -0.1) is 0 Å². The standard InChI is InChI=1S/C5H4N4O/c10-9-3-6-1-4-5(9)2-7-8-4/h1-3H,(H,7,8). The molecule has 0 radical (unpaired) electrons. The first-order chi connectivity index (χ1) is 4.88. The molecule has 0 unspecified atom stereocenters. The molecule has 5 heteroatoms. The van der Waals surface area contributed by atoms with Crippen molar-refractivity contribution in [2.75, 3.05) is 0 Å². The molecule has 2 aromatic heterocycles. The van der Waals surface area contributed by atoms with Gasteiger partial charge in [0.1, 0.15) is 0 Å². The van der Waals surface area contributed by atoms with Gasteiger partial charge in [0.25, 0.3) is 6.33 Å². The van der Waals surface area contributed by atoms with Crippen LogP contribution in [-0.2, 0) is 0 Å². The van der Waals surface area contributed by atoms with Crippen LogP contribution in [0.4, 0.5) is 0 Å². The quantitative estimate of drug-likeness (QED) is 0.395. The second kappa shape index (κ2) is 1.66. The van der Waals surface area contributed by atoms with Crippen LogP contribution < -0.4 is 4.73 Å². The third-order valence-corrected chi connectivity index (χ3v) is 1.25. The Balaban J connectivity index is 2.95. The largest absolute Gasteiger partial charge is 0.710 e. The second-order valence-electron chi connectivity index (χ2n) is 1.88. The van der Waals surface area contributed by atoms with Gasteiger partial charge in [0.2, 0.25) is 0 Å². The maximum absolute atomic E-state index is 10.8. The van der Waals surface area contributed by atoms with E-state index in [4.69, 9.17) is 0 Å². The molecule has 0 aromatic carbocycles. The lowest BCUT2D eigenvalue weighted by molar-refractivity contribution is -0.580. The summed E-state index contributed by atoms with van der Waals surface area (Å²) < 4.78 is 0.666. The highest BCUT2D eigenvalue weighted by molar-refractivity contribution is 5.67. The topological polar surface area (TPSA) is 68.5 Å². The molecule has 0 aliphatic heterocycles. The minimum Gasteiger partial charge on any atom is -0.710 e. The molecule has 0 fully saturated rings. The Morgan fingerprint density at radius 1 is 1.60 bits per heavy atom. The average molecular weight is 136 g/mol. The third-order valence-electron chi connectivity index (χ3n) is 1.25. The summed E-state index contributed by atoms with van der Waals surface area (Å²) >= 11 is 0. The van der Waals surface area contributed by atoms with Gasteiger partial charge in [-0.3, -0.25) is 5.10 Å². The van der Waals surface area contributed by atoms with Crippen molar-refractivity contribution < 1.29 is 4.73 Å². The van der Waals surface area contributed by atoms with E-state index in [-0.39, 0.29) is 0 Å². The predicted octanol–water partition coefficient (Wildman–Crippen LogP) is -0.409. The summed E-state index contributed by atoms with van der Waals surface area (Å²) in [6.07, 6.45) is 4.25. The van der Waals surface area contributed by atoms with Crippen LogP contribution in [-0.4, -0.2) is 15.2 Å². The number of aromatic amines is 1. The Morgan fingerprint density at radius 2 is 2.50 bits per heavy atom. The molecule has 0 amide bonds. The van der Waals surface area contributed by atoms with Gasteiger partial charge >= 0.3 is 0 Å². The van der Waals surface area contributed by atoms with E-state index in [9.17, 15) is 5.21 Å². The molecule has 0 saturated heterocycles. The first-order valence-electron chi connectivity index (χ1n) is 2.74. The van der Waals surface area contributed by atoms with Crippen molar-refractivity contribution >= 4 is 11.0 Å². The maximum Gasteiger partial charge on any atom is 0.289 e. The predicted molar refractivity (Wildman–Crippen MR) is 32.8 cm³/mol. The number of nitrogens with zero attached hydrogens (tertiary/aromatic N) is 3. The summed E-state index contributed by atoms with van der Waals surface area (Å²) in [5.74, 6) is 0. The van der Waals surface area contributed by atoms with Gasteiger partial charge in [-0.25, -0.2) is 4.73 Å². The molecule has 2 rings (SSSR count). The second-order valence-corrected chi connectivity index (χ2v) is 1.88. The van der Waals surface area contributed by atoms with E-state index in [1.165, 1.54) is 18.7 Å². The van der Waals surface area contributed by atoms with Gasteiger partial charge in [0.15, 0.2) is 17.2 Å². The first-order valence-corrected chi connectivity index (χ1v) is 2.74. The minimum absolute atomic E-state index is 0.509. The Bertz CT molecular complexity index is 355. The highest BCUT2D eigenvalue weighted by Crippen LogP contribution is 1.99. The first kappa shape index (κ1) is 5.16. The molecule has 0 atom stereocenters. The lowest BCUT2D eigenvalue weighted by Gasteiger charge is -1.96. The Hall–Kier alpha value is -1.65. The summed E-state index contributed by atoms with van der Waals surface area (Å²) in [5, 5.41) is 17.2. The molecule has 50 valence electrons. The monoisotopic (exact) mass is 136 g/mol. The van der Waals surface area contributed by atoms with Gasteiger partial charge in [-0.1, -0.05) is 4.98 Å². The zero-order valence-electron chi connectivity index (χ0n) is 4.98. The van der Waals surface area contributed by atoms with Gasteiger partial charge in [-0.2, -0.15) is 5.10 Å². The van der Waals surface area contributed by atoms with E-state index in [1.807, 2.05) is 0 Å². The summed E-state index contributed by atoms with van der Waals surface area (Å²) in [4.78, 5) is 3.65. The van der Waals surface area contributed by atoms with E-state index in [0.29, 0.717) is 15.8 Å². The zero-order valence-corrected chi connectivity index (χ0v) is 4.98. The highest BCUT2D eigenvalue weighted by Gasteiger charge is 2.01. The normalized spacial score (nSPS) is 10.4. The van der Waals surface area contributed by atoms with Crippen molar-refractivity contribution in [1.29, 1.82) is 0 Å². The van der Waals surface area contributed by atoms with Crippen molar-refractivity contribution in [2.45, 2.75) is 0 Å².